The Hall–Kier alpha value is -5.57. The summed E-state index contributed by atoms with van der Waals surface area (Å²) in [7, 11) is 0. The molecule has 1 nitrogen and oxygen atoms in total. The summed E-state index contributed by atoms with van der Waals surface area (Å²) in [6, 6.07) is 60.2. The Balaban J connectivity index is 1.22. The number of fused-ring (bicyclic) bond motifs is 7. The fourth-order valence-electron chi connectivity index (χ4n) is 7.52. The highest BCUT2D eigenvalue weighted by atomic mass is 32.2. The van der Waals surface area contributed by atoms with Crippen LogP contribution in [0.1, 0.15) is 0 Å². The summed E-state index contributed by atoms with van der Waals surface area (Å²) >= 11 is 1.88. The second-order valence-corrected chi connectivity index (χ2v) is 13.2. The molecule has 0 fully saturated rings. The maximum Gasteiger partial charge on any atom is 0.0625 e. The van der Waals surface area contributed by atoms with Gasteiger partial charge in [-0.2, -0.15) is 0 Å². The first-order valence-electron chi connectivity index (χ1n) is 15.8. The van der Waals surface area contributed by atoms with Gasteiger partial charge in [-0.15, -0.1) is 0 Å². The average Bonchev–Trinajstić information content (AvgIpc) is 3.47. The maximum absolute atomic E-state index is 2.45. The van der Waals surface area contributed by atoms with Gasteiger partial charge in [0.05, 0.1) is 11.0 Å². The smallest absolute Gasteiger partial charge is 0.0625 e. The van der Waals surface area contributed by atoms with E-state index in [0.717, 1.165) is 0 Å². The summed E-state index contributed by atoms with van der Waals surface area (Å²) in [4.78, 5) is 2.65. The normalized spacial score (nSPS) is 12.3. The van der Waals surface area contributed by atoms with Gasteiger partial charge < -0.3 is 4.57 Å². The highest BCUT2D eigenvalue weighted by molar-refractivity contribution is 7.99. The fourth-order valence-corrected chi connectivity index (χ4v) is 8.65. The van der Waals surface area contributed by atoms with Crippen LogP contribution in [-0.2, 0) is 0 Å². The molecule has 0 aliphatic carbocycles. The van der Waals surface area contributed by atoms with Crippen LogP contribution in [0.4, 0.5) is 0 Å². The highest BCUT2D eigenvalue weighted by Crippen LogP contribution is 2.49. The van der Waals surface area contributed by atoms with E-state index in [4.69, 9.17) is 0 Å². The lowest BCUT2D eigenvalue weighted by molar-refractivity contribution is 1.18. The number of benzene rings is 8. The topological polar surface area (TPSA) is 4.93 Å². The van der Waals surface area contributed by atoms with Crippen molar-refractivity contribution < 1.29 is 0 Å². The second kappa shape index (κ2) is 9.97. The summed E-state index contributed by atoms with van der Waals surface area (Å²) < 4.78 is 2.45. The first-order chi connectivity index (χ1) is 22.8. The molecule has 214 valence electrons. The molecule has 2 heteroatoms. The van der Waals surface area contributed by atoms with Crippen LogP contribution >= 0.6 is 11.8 Å². The minimum Gasteiger partial charge on any atom is -0.309 e. The predicted octanol–water partition coefficient (Wildman–Crippen LogP) is 12.6. The van der Waals surface area contributed by atoms with E-state index in [1.54, 1.807) is 0 Å². The van der Waals surface area contributed by atoms with Gasteiger partial charge in [-0.05, 0) is 92.5 Å². The molecule has 0 saturated carbocycles. The van der Waals surface area contributed by atoms with Gasteiger partial charge in [0.2, 0.25) is 0 Å². The maximum atomic E-state index is 2.45. The van der Waals surface area contributed by atoms with Crippen molar-refractivity contribution in [2.45, 2.75) is 9.79 Å². The van der Waals surface area contributed by atoms with Gasteiger partial charge >= 0.3 is 0 Å². The van der Waals surface area contributed by atoms with Crippen LogP contribution in [0.2, 0.25) is 0 Å². The first-order valence-corrected chi connectivity index (χ1v) is 16.6. The zero-order chi connectivity index (χ0) is 30.2. The Labute approximate surface area is 271 Å². The van der Waals surface area contributed by atoms with Gasteiger partial charge in [-0.3, -0.25) is 0 Å². The Bertz CT molecular complexity index is 2660. The van der Waals surface area contributed by atoms with Gasteiger partial charge in [0.1, 0.15) is 0 Å². The first kappa shape index (κ1) is 25.7. The molecule has 0 bridgehead atoms. The van der Waals surface area contributed by atoms with Crippen molar-refractivity contribution in [3.63, 3.8) is 0 Å². The fraction of sp³-hybridized carbons (Fsp3) is 0. The molecule has 0 atom stereocenters. The van der Waals surface area contributed by atoms with Crippen LogP contribution in [0, 0.1) is 0 Å². The van der Waals surface area contributed by atoms with Gasteiger partial charge in [0.15, 0.2) is 0 Å². The number of aromatic nitrogens is 1. The van der Waals surface area contributed by atoms with Crippen molar-refractivity contribution in [1.29, 1.82) is 0 Å². The molecule has 0 amide bonds. The third-order valence-corrected chi connectivity index (χ3v) is 10.7. The minimum atomic E-state index is 1.17. The van der Waals surface area contributed by atoms with Gasteiger partial charge in [-0.25, -0.2) is 0 Å². The van der Waals surface area contributed by atoms with Crippen molar-refractivity contribution in [3.8, 4) is 39.1 Å². The number of hydrogen-bond donors (Lipinski definition) is 0. The van der Waals surface area contributed by atoms with E-state index >= 15 is 0 Å². The van der Waals surface area contributed by atoms with Crippen LogP contribution in [0.5, 0.6) is 0 Å². The Kier molecular flexibility index (Phi) is 5.58. The standard InChI is InChI=1S/C44H27NS/c1-2-16-33(17-3-1)45-39-21-7-6-19-36(39)43-34-18-5-4-11-32(34)27-37(44(43)45)31-15-8-14-29(25-31)30-23-24-40-38(26-30)35-20-9-12-28-13-10-22-41(46-40)42(28)35/h1-27H. The van der Waals surface area contributed by atoms with Crippen molar-refractivity contribution in [3.05, 3.63) is 164 Å². The van der Waals surface area contributed by atoms with Gasteiger partial charge in [0.25, 0.3) is 0 Å². The number of hydrogen-bond acceptors (Lipinski definition) is 1. The molecule has 0 radical (unpaired) electrons. The predicted molar refractivity (Wildman–Crippen MR) is 196 cm³/mol. The number of para-hydroxylation sites is 2. The molecule has 0 spiro atoms. The van der Waals surface area contributed by atoms with Crippen LogP contribution in [0.3, 0.4) is 0 Å². The molecule has 1 aliphatic heterocycles. The lowest BCUT2D eigenvalue weighted by Gasteiger charge is -2.21. The van der Waals surface area contributed by atoms with Gasteiger partial charge in [-0.1, -0.05) is 127 Å². The Morgan fingerprint density at radius 1 is 0.391 bits per heavy atom. The molecule has 46 heavy (non-hydrogen) atoms. The molecule has 2 heterocycles. The molecule has 0 saturated heterocycles. The van der Waals surface area contributed by atoms with Crippen LogP contribution in [0.15, 0.2) is 174 Å². The van der Waals surface area contributed by atoms with Crippen LogP contribution in [-0.4, -0.2) is 4.57 Å². The largest absolute Gasteiger partial charge is 0.309 e. The monoisotopic (exact) mass is 601 g/mol. The van der Waals surface area contributed by atoms with E-state index in [1.165, 1.54) is 92.2 Å². The third-order valence-electron chi connectivity index (χ3n) is 9.54. The SMILES string of the molecule is c1ccc(-n2c3ccccc3c3c4ccccc4cc(-c4cccc(-c5ccc6c(c5)-c5cccc7cccc(c57)S6)c4)c32)cc1. The average molecular weight is 602 g/mol. The second-order valence-electron chi connectivity index (χ2n) is 12.1. The van der Waals surface area contributed by atoms with Crippen molar-refractivity contribution >= 4 is 55.1 Å². The molecule has 0 N–H and O–H groups in total. The van der Waals surface area contributed by atoms with E-state index in [1.807, 2.05) is 11.8 Å². The van der Waals surface area contributed by atoms with Crippen LogP contribution in [0.25, 0.3) is 82.4 Å². The molecular formula is C44H27NS. The van der Waals surface area contributed by atoms with E-state index in [2.05, 4.69) is 168 Å². The summed E-state index contributed by atoms with van der Waals surface area (Å²) in [6.07, 6.45) is 0. The lowest BCUT2D eigenvalue weighted by atomic mass is 9.92. The molecule has 10 rings (SSSR count). The zero-order valence-corrected chi connectivity index (χ0v) is 25.8. The van der Waals surface area contributed by atoms with Crippen molar-refractivity contribution in [2.24, 2.45) is 0 Å². The molecule has 8 aromatic carbocycles. The third kappa shape index (κ3) is 3.77. The summed E-state index contributed by atoms with van der Waals surface area (Å²) in [5, 5.41) is 7.77. The Morgan fingerprint density at radius 3 is 2.02 bits per heavy atom. The summed E-state index contributed by atoms with van der Waals surface area (Å²) in [5.74, 6) is 0. The Morgan fingerprint density at radius 2 is 1.11 bits per heavy atom. The molecular weight excluding hydrogens is 575 g/mol. The van der Waals surface area contributed by atoms with Gasteiger partial charge in [0, 0.05) is 37.2 Å². The number of rotatable bonds is 3. The molecule has 1 aliphatic rings. The van der Waals surface area contributed by atoms with Crippen molar-refractivity contribution in [1.82, 2.24) is 4.57 Å². The van der Waals surface area contributed by atoms with E-state index in [-0.39, 0.29) is 0 Å². The molecule has 9 aromatic rings. The molecule has 0 unspecified atom stereocenters. The quantitative estimate of drug-likeness (QED) is 0.195. The minimum absolute atomic E-state index is 1.17. The summed E-state index contributed by atoms with van der Waals surface area (Å²) in [6.45, 7) is 0. The molecule has 1 aromatic heterocycles. The van der Waals surface area contributed by atoms with Crippen molar-refractivity contribution in [2.75, 3.05) is 0 Å². The summed E-state index contributed by atoms with van der Waals surface area (Å²) in [5.41, 5.74) is 11.2. The van der Waals surface area contributed by atoms with E-state index < -0.39 is 0 Å². The lowest BCUT2D eigenvalue weighted by Crippen LogP contribution is -1.96. The van der Waals surface area contributed by atoms with E-state index in [0.29, 0.717) is 0 Å². The highest BCUT2D eigenvalue weighted by Gasteiger charge is 2.21. The van der Waals surface area contributed by atoms with Crippen LogP contribution < -0.4 is 0 Å². The zero-order valence-electron chi connectivity index (χ0n) is 24.9. The van der Waals surface area contributed by atoms with E-state index in [9.17, 15) is 0 Å². The number of nitrogens with zero attached hydrogens (tertiary/aromatic N) is 1.